The van der Waals surface area contributed by atoms with E-state index in [-0.39, 0.29) is 0 Å². The van der Waals surface area contributed by atoms with Crippen LogP contribution in [0.2, 0.25) is 0 Å². The zero-order chi connectivity index (χ0) is 12.4. The number of anilines is 1. The monoisotopic (exact) mass is 229 g/mol. The lowest BCUT2D eigenvalue weighted by molar-refractivity contribution is 0.215. The highest BCUT2D eigenvalue weighted by Gasteiger charge is 2.17. The van der Waals surface area contributed by atoms with E-state index in [2.05, 4.69) is 9.97 Å². The summed E-state index contributed by atoms with van der Waals surface area (Å²) in [6, 6.07) is 7.35. The maximum Gasteiger partial charge on any atom is 0.129 e. The molecule has 2 aromatic rings. The number of aromatic nitrogens is 2. The largest absolute Gasteiger partial charge is 0.383 e. The van der Waals surface area contributed by atoms with Crippen molar-refractivity contribution in [3.63, 3.8) is 0 Å². The van der Waals surface area contributed by atoms with Gasteiger partial charge in [-0.15, -0.1) is 0 Å². The summed E-state index contributed by atoms with van der Waals surface area (Å²) in [4.78, 5) is 8.30. The highest BCUT2D eigenvalue weighted by Crippen LogP contribution is 2.27. The lowest BCUT2D eigenvalue weighted by atomic mass is 10.0. The number of aliphatic hydroxyl groups excluding tert-OH is 1. The molecule has 4 nitrogen and oxygen atoms in total. The molecule has 0 aliphatic carbocycles. The highest BCUT2D eigenvalue weighted by atomic mass is 16.3. The van der Waals surface area contributed by atoms with E-state index in [1.165, 1.54) is 0 Å². The number of nitrogen functional groups attached to an aromatic ring is 1. The van der Waals surface area contributed by atoms with Gasteiger partial charge in [-0.05, 0) is 37.6 Å². The number of aliphatic hydroxyl groups is 1. The molecule has 0 radical (unpaired) electrons. The van der Waals surface area contributed by atoms with Gasteiger partial charge in [0.25, 0.3) is 0 Å². The van der Waals surface area contributed by atoms with Gasteiger partial charge in [-0.25, -0.2) is 4.98 Å². The van der Waals surface area contributed by atoms with Crippen LogP contribution in [0.15, 0.2) is 30.5 Å². The second-order valence-electron chi connectivity index (χ2n) is 4.03. The first-order valence-electron chi connectivity index (χ1n) is 5.42. The maximum absolute atomic E-state index is 10.3. The Kier molecular flexibility index (Phi) is 3.06. The number of aryl methyl sites for hydroxylation is 2. The molecule has 0 aliphatic rings. The third-order valence-electron chi connectivity index (χ3n) is 2.70. The Morgan fingerprint density at radius 3 is 2.65 bits per heavy atom. The van der Waals surface area contributed by atoms with Crippen LogP contribution in [0.5, 0.6) is 0 Å². The zero-order valence-electron chi connectivity index (χ0n) is 9.88. The van der Waals surface area contributed by atoms with Crippen LogP contribution >= 0.6 is 0 Å². The van der Waals surface area contributed by atoms with Crippen molar-refractivity contribution < 1.29 is 5.11 Å². The van der Waals surface area contributed by atoms with Crippen molar-refractivity contribution in [2.45, 2.75) is 20.0 Å². The van der Waals surface area contributed by atoms with E-state index < -0.39 is 6.10 Å². The molecular formula is C13H15N3O. The second kappa shape index (κ2) is 4.51. The van der Waals surface area contributed by atoms with Crippen LogP contribution < -0.4 is 5.73 Å². The van der Waals surface area contributed by atoms with Gasteiger partial charge in [-0.3, -0.25) is 4.98 Å². The molecule has 2 aromatic heterocycles. The summed E-state index contributed by atoms with van der Waals surface area (Å²) >= 11 is 0. The molecule has 0 saturated heterocycles. The number of nitrogens with two attached hydrogens (primary N) is 1. The van der Waals surface area contributed by atoms with Gasteiger partial charge in [0.1, 0.15) is 11.9 Å². The SMILES string of the molecule is Cc1cccc(C(O)c2c(C)ccnc2N)n1. The molecular weight excluding hydrogens is 214 g/mol. The Balaban J connectivity index is 2.47. The van der Waals surface area contributed by atoms with Crippen molar-refractivity contribution in [1.29, 1.82) is 0 Å². The molecule has 0 amide bonds. The number of nitrogens with zero attached hydrogens (tertiary/aromatic N) is 2. The number of rotatable bonds is 2. The van der Waals surface area contributed by atoms with E-state index in [9.17, 15) is 5.11 Å². The van der Waals surface area contributed by atoms with Gasteiger partial charge in [-0.2, -0.15) is 0 Å². The van der Waals surface area contributed by atoms with Crippen molar-refractivity contribution in [3.05, 3.63) is 53.0 Å². The Morgan fingerprint density at radius 1 is 1.24 bits per heavy atom. The first-order chi connectivity index (χ1) is 8.09. The molecule has 0 aromatic carbocycles. The molecule has 88 valence electrons. The lowest BCUT2D eigenvalue weighted by Crippen LogP contribution is -2.09. The summed E-state index contributed by atoms with van der Waals surface area (Å²) in [5.74, 6) is 0.348. The number of pyridine rings is 2. The summed E-state index contributed by atoms with van der Waals surface area (Å²) in [6.45, 7) is 3.78. The summed E-state index contributed by atoms with van der Waals surface area (Å²) in [6.07, 6.45) is 0.800. The molecule has 2 rings (SSSR count). The molecule has 1 atom stereocenters. The molecule has 4 heteroatoms. The van der Waals surface area contributed by atoms with E-state index in [1.807, 2.05) is 32.0 Å². The van der Waals surface area contributed by atoms with E-state index in [4.69, 9.17) is 5.73 Å². The molecule has 1 unspecified atom stereocenters. The third-order valence-corrected chi connectivity index (χ3v) is 2.70. The van der Waals surface area contributed by atoms with Gasteiger partial charge in [0.2, 0.25) is 0 Å². The summed E-state index contributed by atoms with van der Waals surface area (Å²) in [7, 11) is 0. The normalized spacial score (nSPS) is 12.4. The zero-order valence-corrected chi connectivity index (χ0v) is 9.88. The average molecular weight is 229 g/mol. The fourth-order valence-electron chi connectivity index (χ4n) is 1.81. The van der Waals surface area contributed by atoms with Gasteiger partial charge < -0.3 is 10.8 Å². The smallest absolute Gasteiger partial charge is 0.129 e. The summed E-state index contributed by atoms with van der Waals surface area (Å²) < 4.78 is 0. The van der Waals surface area contributed by atoms with Crippen LogP contribution in [0.4, 0.5) is 5.82 Å². The first-order valence-corrected chi connectivity index (χ1v) is 5.42. The van der Waals surface area contributed by atoms with Crippen molar-refractivity contribution in [2.24, 2.45) is 0 Å². The quantitative estimate of drug-likeness (QED) is 0.823. The summed E-state index contributed by atoms with van der Waals surface area (Å²) in [5.41, 5.74) is 8.79. The lowest BCUT2D eigenvalue weighted by Gasteiger charge is -2.15. The predicted molar refractivity (Wildman–Crippen MR) is 66.4 cm³/mol. The van der Waals surface area contributed by atoms with Crippen molar-refractivity contribution in [2.75, 3.05) is 5.73 Å². The average Bonchev–Trinajstić information content (AvgIpc) is 2.28. The Morgan fingerprint density at radius 2 is 2.00 bits per heavy atom. The van der Waals surface area contributed by atoms with E-state index in [1.54, 1.807) is 12.3 Å². The number of hydrogen-bond donors (Lipinski definition) is 2. The van der Waals surface area contributed by atoms with Gasteiger partial charge >= 0.3 is 0 Å². The standard InChI is InChI=1S/C13H15N3O/c1-8-6-7-15-13(14)11(8)12(17)10-5-3-4-9(2)16-10/h3-7,12,17H,1-2H3,(H2,14,15). The molecule has 0 spiro atoms. The van der Waals surface area contributed by atoms with E-state index >= 15 is 0 Å². The molecule has 0 aliphatic heterocycles. The fraction of sp³-hybridized carbons (Fsp3) is 0.231. The minimum absolute atomic E-state index is 0.348. The third kappa shape index (κ3) is 2.26. The minimum atomic E-state index is -0.830. The second-order valence-corrected chi connectivity index (χ2v) is 4.03. The molecule has 0 bridgehead atoms. The minimum Gasteiger partial charge on any atom is -0.383 e. The van der Waals surface area contributed by atoms with Crippen LogP contribution in [0, 0.1) is 13.8 Å². The molecule has 17 heavy (non-hydrogen) atoms. The van der Waals surface area contributed by atoms with Gasteiger partial charge in [0, 0.05) is 17.5 Å². The first kappa shape index (κ1) is 11.5. The molecule has 3 N–H and O–H groups in total. The van der Waals surface area contributed by atoms with Crippen LogP contribution in [0.1, 0.15) is 28.6 Å². The van der Waals surface area contributed by atoms with Gasteiger partial charge in [-0.1, -0.05) is 6.07 Å². The van der Waals surface area contributed by atoms with Crippen LogP contribution in [0.25, 0.3) is 0 Å². The van der Waals surface area contributed by atoms with Gasteiger partial charge in [0.05, 0.1) is 5.69 Å². The Labute approximate surface area is 100 Å². The van der Waals surface area contributed by atoms with Crippen molar-refractivity contribution in [3.8, 4) is 0 Å². The van der Waals surface area contributed by atoms with Crippen LogP contribution in [-0.2, 0) is 0 Å². The molecule has 0 fully saturated rings. The van der Waals surface area contributed by atoms with Crippen molar-refractivity contribution >= 4 is 5.82 Å². The predicted octanol–water partition coefficient (Wildman–Crippen LogP) is 1.76. The number of hydrogen-bond acceptors (Lipinski definition) is 4. The van der Waals surface area contributed by atoms with Gasteiger partial charge in [0.15, 0.2) is 0 Å². The van der Waals surface area contributed by atoms with Crippen LogP contribution in [0.3, 0.4) is 0 Å². The topological polar surface area (TPSA) is 72.0 Å². The highest BCUT2D eigenvalue weighted by molar-refractivity contribution is 5.47. The Bertz CT molecular complexity index is 520. The maximum atomic E-state index is 10.3. The fourth-order valence-corrected chi connectivity index (χ4v) is 1.81. The molecule has 0 saturated carbocycles. The van der Waals surface area contributed by atoms with E-state index in [0.29, 0.717) is 17.1 Å². The molecule has 2 heterocycles. The Hall–Kier alpha value is -1.94. The summed E-state index contributed by atoms with van der Waals surface area (Å²) in [5, 5.41) is 10.3. The van der Waals surface area contributed by atoms with Crippen molar-refractivity contribution in [1.82, 2.24) is 9.97 Å². The van der Waals surface area contributed by atoms with Crippen LogP contribution in [-0.4, -0.2) is 15.1 Å². The van der Waals surface area contributed by atoms with E-state index in [0.717, 1.165) is 11.3 Å².